The van der Waals surface area contributed by atoms with E-state index in [2.05, 4.69) is 17.1 Å². The molecule has 1 aromatic carbocycles. The fraction of sp³-hybridized carbons (Fsp3) is 0.455. The van der Waals surface area contributed by atoms with Crippen LogP contribution in [0, 0.1) is 5.82 Å². The van der Waals surface area contributed by atoms with E-state index in [0.717, 1.165) is 0 Å². The zero-order chi connectivity index (χ0) is 12.3. The minimum absolute atomic E-state index is 0.0451. The molecule has 0 radical (unpaired) electrons. The molecular weight excluding hydrogens is 229 g/mol. The third kappa shape index (κ3) is 3.25. The highest BCUT2D eigenvalue weighted by Gasteiger charge is 2.08. The summed E-state index contributed by atoms with van der Waals surface area (Å²) in [5.41, 5.74) is 6.76. The van der Waals surface area contributed by atoms with Crippen molar-refractivity contribution in [1.29, 1.82) is 0 Å². The van der Waals surface area contributed by atoms with Gasteiger partial charge in [-0.05, 0) is 27.1 Å². The normalized spacial score (nSPS) is 12.9. The summed E-state index contributed by atoms with van der Waals surface area (Å²) >= 11 is 5.61. The zero-order valence-electron chi connectivity index (χ0n) is 9.72. The van der Waals surface area contributed by atoms with Gasteiger partial charge in [-0.15, -0.1) is 0 Å². The molecular formula is C11H17ClFN3. The Balaban J connectivity index is 2.71. The largest absolute Gasteiger partial charge is 0.397 e. The van der Waals surface area contributed by atoms with Crippen LogP contribution < -0.4 is 11.1 Å². The summed E-state index contributed by atoms with van der Waals surface area (Å²) in [4.78, 5) is 2.06. The molecule has 0 aromatic heterocycles. The summed E-state index contributed by atoms with van der Waals surface area (Å²) in [6, 6.07) is 3.07. The van der Waals surface area contributed by atoms with E-state index >= 15 is 0 Å². The second kappa shape index (κ2) is 5.37. The lowest BCUT2D eigenvalue weighted by molar-refractivity contribution is 0.326. The Bertz CT molecular complexity index is 368. The first kappa shape index (κ1) is 13.1. The van der Waals surface area contributed by atoms with Crippen molar-refractivity contribution in [3.8, 4) is 0 Å². The van der Waals surface area contributed by atoms with Crippen molar-refractivity contribution in [1.82, 2.24) is 4.90 Å². The molecule has 0 heterocycles. The van der Waals surface area contributed by atoms with Crippen LogP contribution in [0.1, 0.15) is 6.92 Å². The van der Waals surface area contributed by atoms with Gasteiger partial charge in [0, 0.05) is 18.7 Å². The van der Waals surface area contributed by atoms with Crippen molar-refractivity contribution < 1.29 is 4.39 Å². The number of nitrogens with one attached hydrogen (secondary N) is 1. The number of hydrogen-bond donors (Lipinski definition) is 2. The average Bonchev–Trinajstić information content (AvgIpc) is 2.20. The number of rotatable bonds is 4. The molecule has 1 atom stereocenters. The quantitative estimate of drug-likeness (QED) is 0.801. The maximum Gasteiger partial charge on any atom is 0.143 e. The molecule has 16 heavy (non-hydrogen) atoms. The molecule has 0 aliphatic carbocycles. The van der Waals surface area contributed by atoms with Gasteiger partial charge in [-0.1, -0.05) is 11.6 Å². The minimum Gasteiger partial charge on any atom is -0.397 e. The third-order valence-electron chi connectivity index (χ3n) is 2.56. The van der Waals surface area contributed by atoms with E-state index in [1.54, 1.807) is 0 Å². The van der Waals surface area contributed by atoms with Crippen LogP contribution in [0.5, 0.6) is 0 Å². The van der Waals surface area contributed by atoms with Crippen molar-refractivity contribution in [3.05, 3.63) is 23.0 Å². The monoisotopic (exact) mass is 245 g/mol. The number of nitrogens with two attached hydrogens (primary N) is 1. The molecule has 0 aliphatic heterocycles. The van der Waals surface area contributed by atoms with E-state index in [0.29, 0.717) is 24.0 Å². The zero-order valence-corrected chi connectivity index (χ0v) is 10.5. The van der Waals surface area contributed by atoms with Crippen LogP contribution in [0.25, 0.3) is 0 Å². The molecule has 90 valence electrons. The standard InChI is InChI=1S/C11H17ClFN3/c1-7(16(2)3)6-15-11-5-9(13)8(12)4-10(11)14/h4-5,7,15H,6,14H2,1-3H3. The van der Waals surface area contributed by atoms with Crippen LogP contribution in [0.2, 0.25) is 5.02 Å². The summed E-state index contributed by atoms with van der Waals surface area (Å²) in [5, 5.41) is 3.14. The van der Waals surface area contributed by atoms with Crippen molar-refractivity contribution in [2.75, 3.05) is 31.7 Å². The average molecular weight is 246 g/mol. The lowest BCUT2D eigenvalue weighted by Crippen LogP contribution is -2.31. The first-order valence-electron chi connectivity index (χ1n) is 5.06. The number of benzene rings is 1. The van der Waals surface area contributed by atoms with Crippen molar-refractivity contribution in [2.24, 2.45) is 0 Å². The second-order valence-corrected chi connectivity index (χ2v) is 4.45. The molecule has 0 saturated heterocycles. The highest BCUT2D eigenvalue weighted by atomic mass is 35.5. The molecule has 3 nitrogen and oxygen atoms in total. The van der Waals surface area contributed by atoms with E-state index in [9.17, 15) is 4.39 Å². The van der Waals surface area contributed by atoms with Gasteiger partial charge in [0.15, 0.2) is 0 Å². The van der Waals surface area contributed by atoms with Crippen LogP contribution in [0.3, 0.4) is 0 Å². The SMILES string of the molecule is CC(CNc1cc(F)c(Cl)cc1N)N(C)C. The van der Waals surface area contributed by atoms with Gasteiger partial charge in [0.25, 0.3) is 0 Å². The van der Waals surface area contributed by atoms with Crippen LogP contribution >= 0.6 is 11.6 Å². The summed E-state index contributed by atoms with van der Waals surface area (Å²) in [5.74, 6) is -0.462. The fourth-order valence-corrected chi connectivity index (χ4v) is 1.33. The third-order valence-corrected chi connectivity index (χ3v) is 2.85. The lowest BCUT2D eigenvalue weighted by Gasteiger charge is -2.21. The first-order valence-corrected chi connectivity index (χ1v) is 5.44. The van der Waals surface area contributed by atoms with E-state index < -0.39 is 5.82 Å². The summed E-state index contributed by atoms with van der Waals surface area (Å²) in [6.07, 6.45) is 0. The highest BCUT2D eigenvalue weighted by molar-refractivity contribution is 6.31. The molecule has 0 fully saturated rings. The lowest BCUT2D eigenvalue weighted by atomic mass is 10.2. The van der Waals surface area contributed by atoms with Gasteiger partial charge in [0.1, 0.15) is 5.82 Å². The Morgan fingerprint density at radius 3 is 2.69 bits per heavy atom. The Morgan fingerprint density at radius 1 is 1.50 bits per heavy atom. The molecule has 5 heteroatoms. The minimum atomic E-state index is -0.462. The number of hydrogen-bond acceptors (Lipinski definition) is 3. The Morgan fingerprint density at radius 2 is 2.12 bits per heavy atom. The van der Waals surface area contributed by atoms with Gasteiger partial charge in [0.05, 0.1) is 16.4 Å². The van der Waals surface area contributed by atoms with Crippen LogP contribution in [0.15, 0.2) is 12.1 Å². The van der Waals surface area contributed by atoms with Gasteiger partial charge in [-0.2, -0.15) is 0 Å². The molecule has 1 rings (SSSR count). The Hall–Kier alpha value is -1.00. The van der Waals surface area contributed by atoms with E-state index in [1.165, 1.54) is 12.1 Å². The Labute approximate surface area is 100 Å². The van der Waals surface area contributed by atoms with Crippen molar-refractivity contribution >= 4 is 23.0 Å². The number of halogens is 2. The maximum atomic E-state index is 13.2. The van der Waals surface area contributed by atoms with Crippen LogP contribution in [-0.4, -0.2) is 31.6 Å². The number of nitrogen functional groups attached to an aromatic ring is 1. The van der Waals surface area contributed by atoms with Crippen LogP contribution in [-0.2, 0) is 0 Å². The predicted molar refractivity (Wildman–Crippen MR) is 67.5 cm³/mol. The van der Waals surface area contributed by atoms with Gasteiger partial charge in [-0.3, -0.25) is 0 Å². The van der Waals surface area contributed by atoms with Gasteiger partial charge >= 0.3 is 0 Å². The number of anilines is 2. The highest BCUT2D eigenvalue weighted by Crippen LogP contribution is 2.26. The van der Waals surface area contributed by atoms with Crippen molar-refractivity contribution in [3.63, 3.8) is 0 Å². The molecule has 3 N–H and O–H groups in total. The summed E-state index contributed by atoms with van der Waals surface area (Å²) in [7, 11) is 3.97. The molecule has 0 saturated carbocycles. The number of nitrogens with zero attached hydrogens (tertiary/aromatic N) is 1. The molecule has 1 aromatic rings. The second-order valence-electron chi connectivity index (χ2n) is 4.05. The molecule has 0 spiro atoms. The van der Waals surface area contributed by atoms with E-state index in [-0.39, 0.29) is 5.02 Å². The van der Waals surface area contributed by atoms with Crippen LogP contribution in [0.4, 0.5) is 15.8 Å². The first-order chi connectivity index (χ1) is 7.41. The van der Waals surface area contributed by atoms with E-state index in [4.69, 9.17) is 17.3 Å². The smallest absolute Gasteiger partial charge is 0.143 e. The fourth-order valence-electron chi connectivity index (χ4n) is 1.16. The summed E-state index contributed by atoms with van der Waals surface area (Å²) in [6.45, 7) is 2.76. The molecule has 0 aliphatic rings. The van der Waals surface area contributed by atoms with Gasteiger partial charge in [0.2, 0.25) is 0 Å². The predicted octanol–water partition coefficient (Wildman–Crippen LogP) is 2.42. The maximum absolute atomic E-state index is 13.2. The molecule has 0 amide bonds. The summed E-state index contributed by atoms with van der Waals surface area (Å²) < 4.78 is 13.2. The van der Waals surface area contributed by atoms with Gasteiger partial charge in [-0.25, -0.2) is 4.39 Å². The van der Waals surface area contributed by atoms with Crippen molar-refractivity contribution in [2.45, 2.75) is 13.0 Å². The number of likely N-dealkylation sites (N-methyl/N-ethyl adjacent to an activating group) is 1. The molecule has 1 unspecified atom stereocenters. The topological polar surface area (TPSA) is 41.3 Å². The van der Waals surface area contributed by atoms with Gasteiger partial charge < -0.3 is 16.0 Å². The van der Waals surface area contributed by atoms with E-state index in [1.807, 2.05) is 14.1 Å². The molecule has 0 bridgehead atoms. The Kier molecular flexibility index (Phi) is 4.38.